The number of halogens is 4. The van der Waals surface area contributed by atoms with Crippen molar-refractivity contribution in [2.75, 3.05) is 26.4 Å². The monoisotopic (exact) mass is 852 g/mol. The van der Waals surface area contributed by atoms with Crippen molar-refractivity contribution < 1.29 is 50.9 Å². The molecule has 62 heavy (non-hydrogen) atoms. The zero-order valence-corrected chi connectivity index (χ0v) is 35.5. The second-order valence-corrected chi connectivity index (χ2v) is 14.4. The van der Waals surface area contributed by atoms with Crippen molar-refractivity contribution in [3.63, 3.8) is 0 Å². The number of esters is 3. The molecule has 0 N–H and O–H groups in total. The molecule has 4 aromatic carbocycles. The van der Waals surface area contributed by atoms with Crippen LogP contribution in [-0.2, 0) is 25.6 Å². The SMILES string of the molecule is CCOCc1c(F)c(C2CCCC(c3c(F)c(C(=O)OCC)c(-c4ccccccccc4)c(F)c3C(=O)OCC)CC2)c(C(=O)OCC)c(F)c1-c1ccccccccc1. The van der Waals surface area contributed by atoms with Crippen LogP contribution in [0.2, 0.25) is 0 Å². The first-order chi connectivity index (χ1) is 30.1. The predicted octanol–water partition coefficient (Wildman–Crippen LogP) is 12.7. The molecule has 0 heterocycles. The average Bonchev–Trinajstić information content (AvgIpc) is 3.51. The van der Waals surface area contributed by atoms with Gasteiger partial charge in [-0.2, -0.15) is 0 Å². The number of hydrogen-bond donors (Lipinski definition) is 0. The molecule has 2 unspecified atom stereocenters. The predicted molar refractivity (Wildman–Crippen MR) is 231 cm³/mol. The van der Waals surface area contributed by atoms with E-state index in [0.717, 1.165) is 0 Å². The molecule has 0 aliphatic heterocycles. The first kappa shape index (κ1) is 47.0. The molecule has 7 nitrogen and oxygen atoms in total. The van der Waals surface area contributed by atoms with Crippen molar-refractivity contribution in [2.45, 2.75) is 78.2 Å². The summed E-state index contributed by atoms with van der Waals surface area (Å²) in [4.78, 5) is 41.2. The van der Waals surface area contributed by atoms with E-state index in [1.54, 1.807) is 105 Å². The molecule has 1 saturated carbocycles. The highest BCUT2D eigenvalue weighted by Gasteiger charge is 2.39. The van der Waals surface area contributed by atoms with Gasteiger partial charge in [0.15, 0.2) is 0 Å². The quantitative estimate of drug-likeness (QED) is 0.0573. The van der Waals surface area contributed by atoms with E-state index in [1.807, 2.05) is 6.07 Å². The van der Waals surface area contributed by atoms with Gasteiger partial charge in [-0.25, -0.2) is 31.9 Å². The maximum atomic E-state index is 17.5. The topological polar surface area (TPSA) is 88.1 Å². The molecule has 1 fully saturated rings. The average molecular weight is 853 g/mol. The van der Waals surface area contributed by atoms with Gasteiger partial charge in [-0.1, -0.05) is 116 Å². The van der Waals surface area contributed by atoms with Gasteiger partial charge in [-0.05, 0) is 76.3 Å². The van der Waals surface area contributed by atoms with E-state index in [4.69, 9.17) is 18.9 Å². The number of hydrogen-bond acceptors (Lipinski definition) is 7. The molecule has 5 rings (SSSR count). The van der Waals surface area contributed by atoms with Gasteiger partial charge in [0.25, 0.3) is 0 Å². The highest BCUT2D eigenvalue weighted by Crippen LogP contribution is 2.47. The molecule has 1 aliphatic rings. The Morgan fingerprint density at radius 3 is 1.26 bits per heavy atom. The Labute approximate surface area is 360 Å². The molecule has 11 heteroatoms. The van der Waals surface area contributed by atoms with Gasteiger partial charge in [0, 0.05) is 34.4 Å². The summed E-state index contributed by atoms with van der Waals surface area (Å²) in [5.74, 6) is -9.13. The number of carbonyl (C=O) groups is 3. The van der Waals surface area contributed by atoms with E-state index in [1.165, 1.54) is 26.0 Å². The van der Waals surface area contributed by atoms with E-state index in [-0.39, 0.29) is 98.5 Å². The van der Waals surface area contributed by atoms with Crippen molar-refractivity contribution in [3.8, 4) is 22.3 Å². The molecule has 0 bridgehead atoms. The van der Waals surface area contributed by atoms with Gasteiger partial charge in [0.1, 0.15) is 40.0 Å². The van der Waals surface area contributed by atoms with Crippen LogP contribution < -0.4 is 0 Å². The third kappa shape index (κ3) is 10.9. The van der Waals surface area contributed by atoms with Crippen LogP contribution >= 0.6 is 0 Å². The summed E-state index contributed by atoms with van der Waals surface area (Å²) >= 11 is 0. The first-order valence-electron chi connectivity index (χ1n) is 21.1. The minimum atomic E-state index is -1.16. The lowest BCUT2D eigenvalue weighted by Gasteiger charge is -2.25. The van der Waals surface area contributed by atoms with Crippen LogP contribution in [0.15, 0.2) is 109 Å². The van der Waals surface area contributed by atoms with Crippen LogP contribution in [0.25, 0.3) is 22.3 Å². The maximum Gasteiger partial charge on any atom is 0.341 e. The fourth-order valence-corrected chi connectivity index (χ4v) is 7.95. The maximum absolute atomic E-state index is 17.5. The van der Waals surface area contributed by atoms with Crippen molar-refractivity contribution in [2.24, 2.45) is 0 Å². The molecule has 2 atom stereocenters. The Balaban J connectivity index is 1.73. The second-order valence-electron chi connectivity index (χ2n) is 14.4. The third-order valence-electron chi connectivity index (χ3n) is 10.6. The number of rotatable bonds is 13. The first-order valence-corrected chi connectivity index (χ1v) is 21.1. The highest BCUT2D eigenvalue weighted by molar-refractivity contribution is 6.02. The zero-order chi connectivity index (χ0) is 44.6. The minimum absolute atomic E-state index is 0.0297. The van der Waals surface area contributed by atoms with Gasteiger partial charge in [0.05, 0.1) is 26.4 Å². The summed E-state index contributed by atoms with van der Waals surface area (Å²) in [7, 11) is 0. The van der Waals surface area contributed by atoms with Gasteiger partial charge in [-0.3, -0.25) is 0 Å². The molecular formula is C51H52F4O7. The van der Waals surface area contributed by atoms with E-state index in [9.17, 15) is 14.4 Å². The van der Waals surface area contributed by atoms with Crippen LogP contribution in [0.4, 0.5) is 17.6 Å². The smallest absolute Gasteiger partial charge is 0.341 e. The van der Waals surface area contributed by atoms with Crippen molar-refractivity contribution >= 4 is 17.9 Å². The van der Waals surface area contributed by atoms with Crippen LogP contribution in [0, 0.1) is 23.3 Å². The van der Waals surface area contributed by atoms with Gasteiger partial charge < -0.3 is 18.9 Å². The summed E-state index contributed by atoms with van der Waals surface area (Å²) in [6.45, 7) is 5.83. The van der Waals surface area contributed by atoms with Crippen molar-refractivity contribution in [1.29, 1.82) is 0 Å². The van der Waals surface area contributed by atoms with Crippen molar-refractivity contribution in [1.82, 2.24) is 0 Å². The zero-order valence-electron chi connectivity index (χ0n) is 35.5. The Morgan fingerprint density at radius 2 is 0.839 bits per heavy atom. The van der Waals surface area contributed by atoms with E-state index >= 15 is 17.6 Å². The molecule has 0 amide bonds. The lowest BCUT2D eigenvalue weighted by atomic mass is 9.81. The summed E-state index contributed by atoms with van der Waals surface area (Å²) in [6.07, 6.45) is 0.725. The molecular weight excluding hydrogens is 801 g/mol. The lowest BCUT2D eigenvalue weighted by Crippen LogP contribution is -2.21. The van der Waals surface area contributed by atoms with Crippen molar-refractivity contribution in [3.05, 3.63) is 166 Å². The highest BCUT2D eigenvalue weighted by atomic mass is 19.1. The van der Waals surface area contributed by atoms with Crippen LogP contribution in [0.5, 0.6) is 0 Å². The fraction of sp³-hybridized carbons (Fsp3) is 0.314. The Bertz CT molecular complexity index is 2310. The van der Waals surface area contributed by atoms with E-state index in [2.05, 4.69) is 0 Å². The molecule has 326 valence electrons. The van der Waals surface area contributed by atoms with Crippen LogP contribution in [0.1, 0.15) is 119 Å². The molecule has 4 aromatic rings. The standard InChI is InChI=1S/C51H52F4O7/c1-5-59-32-37-38(33-24-19-15-11-9-12-16-20-25-33)46(53)42(49(56)60-6-2)39(45(37)52)35-28-23-29-36(31-30-35)41-44(51(58)62-8-4)47(54)40(43(48(41)55)50(57)61-7-3)34-26-21-17-13-10-14-18-22-27-34/h9-22,24-27,35-36H,5-8,23,28-32H2,1-4H3. The Morgan fingerprint density at radius 1 is 0.468 bits per heavy atom. The largest absolute Gasteiger partial charge is 0.462 e. The molecule has 0 radical (unpaired) electrons. The van der Waals surface area contributed by atoms with E-state index < -0.39 is 75.3 Å². The van der Waals surface area contributed by atoms with Crippen LogP contribution in [-0.4, -0.2) is 44.3 Å². The fourth-order valence-electron chi connectivity index (χ4n) is 7.95. The summed E-state index contributed by atoms with van der Waals surface area (Å²) in [5.41, 5.74) is -2.81. The molecule has 1 aliphatic carbocycles. The molecule has 0 aromatic heterocycles. The van der Waals surface area contributed by atoms with Gasteiger partial charge >= 0.3 is 17.9 Å². The van der Waals surface area contributed by atoms with Crippen LogP contribution in [0.3, 0.4) is 0 Å². The minimum Gasteiger partial charge on any atom is -0.462 e. The third-order valence-corrected chi connectivity index (χ3v) is 10.6. The molecule has 0 spiro atoms. The van der Waals surface area contributed by atoms with Gasteiger partial charge in [0.2, 0.25) is 0 Å². The van der Waals surface area contributed by atoms with Gasteiger partial charge in [-0.15, -0.1) is 0 Å². The number of benzene rings is 2. The van der Waals surface area contributed by atoms with E-state index in [0.29, 0.717) is 0 Å². The molecule has 0 saturated heterocycles. The summed E-state index contributed by atoms with van der Waals surface area (Å²) in [6, 6.07) is 30.1. The Hall–Kier alpha value is -6.07. The normalized spacial score (nSPS) is 14.7. The number of carbonyl (C=O) groups excluding carboxylic acids is 3. The summed E-state index contributed by atoms with van der Waals surface area (Å²) in [5, 5.41) is 0. The number of ether oxygens (including phenoxy) is 4. The second kappa shape index (κ2) is 23.2. The lowest BCUT2D eigenvalue weighted by molar-refractivity contribution is 0.0500. The summed E-state index contributed by atoms with van der Waals surface area (Å²) < 4.78 is 91.1. The Kier molecular flexibility index (Phi) is 17.6.